The molecule has 4 aromatic carbocycles. The van der Waals surface area contributed by atoms with Gasteiger partial charge in [0.2, 0.25) is 0 Å². The Hall–Kier alpha value is -2.85. The first-order valence-electron chi connectivity index (χ1n) is 7.62. The molecule has 2 N–H and O–H groups in total. The van der Waals surface area contributed by atoms with Crippen LogP contribution in [0, 0.1) is 0 Å². The van der Waals surface area contributed by atoms with Crippen LogP contribution in [0.5, 0.6) is 11.5 Å². The van der Waals surface area contributed by atoms with Crippen LogP contribution in [0.15, 0.2) is 77.3 Å². The van der Waals surface area contributed by atoms with Gasteiger partial charge in [0.15, 0.2) is 0 Å². The minimum Gasteiger partial charge on any atom is -0.507 e. The fraction of sp³-hybridized carbons (Fsp3) is 0. The van der Waals surface area contributed by atoms with Gasteiger partial charge in [-0.3, -0.25) is 4.79 Å². The summed E-state index contributed by atoms with van der Waals surface area (Å²) >= 11 is 3.38. The first-order valence-corrected chi connectivity index (χ1v) is 8.42. The van der Waals surface area contributed by atoms with Gasteiger partial charge in [0.25, 0.3) is 0 Å². The van der Waals surface area contributed by atoms with Crippen LogP contribution in [-0.4, -0.2) is 16.5 Å². The second-order valence-electron chi connectivity index (χ2n) is 5.52. The number of carbonyl (C=O) groups is 1. The van der Waals surface area contributed by atoms with Gasteiger partial charge in [-0.15, -0.1) is 0 Å². The molecule has 4 aromatic rings. The lowest BCUT2D eigenvalue weighted by Crippen LogP contribution is -1.79. The molecule has 0 amide bonds. The normalized spacial score (nSPS) is 10.3. The van der Waals surface area contributed by atoms with E-state index in [1.807, 2.05) is 36.4 Å². The monoisotopic (exact) mass is 394 g/mol. The molecule has 124 valence electrons. The van der Waals surface area contributed by atoms with E-state index in [1.165, 1.54) is 0 Å². The second kappa shape index (κ2) is 7.36. The van der Waals surface area contributed by atoms with Gasteiger partial charge in [-0.25, -0.2) is 0 Å². The van der Waals surface area contributed by atoms with Crippen LogP contribution in [0.3, 0.4) is 0 Å². The molecule has 4 rings (SSSR count). The van der Waals surface area contributed by atoms with Gasteiger partial charge < -0.3 is 10.2 Å². The van der Waals surface area contributed by atoms with Gasteiger partial charge in [-0.1, -0.05) is 46.3 Å². The molecule has 0 bridgehead atoms. The summed E-state index contributed by atoms with van der Waals surface area (Å²) in [5.74, 6) is 0.579. The lowest BCUT2D eigenvalue weighted by atomic mass is 10.1. The van der Waals surface area contributed by atoms with E-state index in [0.717, 1.165) is 32.3 Å². The van der Waals surface area contributed by atoms with Crippen LogP contribution >= 0.6 is 15.9 Å². The number of hydrogen-bond donors (Lipinski definition) is 2. The fourth-order valence-corrected chi connectivity index (χ4v) is 2.97. The van der Waals surface area contributed by atoms with Crippen LogP contribution in [0.1, 0.15) is 10.4 Å². The van der Waals surface area contributed by atoms with E-state index in [9.17, 15) is 15.0 Å². The minimum absolute atomic E-state index is 0.245. The molecule has 0 aromatic heterocycles. The molecule has 0 saturated heterocycles. The van der Waals surface area contributed by atoms with Crippen molar-refractivity contribution in [3.05, 3.63) is 82.8 Å². The summed E-state index contributed by atoms with van der Waals surface area (Å²) < 4.78 is 1.03. The Labute approximate surface area is 153 Å². The number of halogens is 1. The maximum Gasteiger partial charge on any atom is 0.150 e. The van der Waals surface area contributed by atoms with E-state index < -0.39 is 0 Å². The average Bonchev–Trinajstić information content (AvgIpc) is 2.62. The van der Waals surface area contributed by atoms with Gasteiger partial charge in [0.1, 0.15) is 17.8 Å². The van der Waals surface area contributed by atoms with Crippen molar-refractivity contribution >= 4 is 43.8 Å². The Morgan fingerprint density at radius 2 is 1.28 bits per heavy atom. The zero-order chi connectivity index (χ0) is 17.8. The van der Waals surface area contributed by atoms with Crippen molar-refractivity contribution in [2.75, 3.05) is 0 Å². The molecule has 0 fully saturated rings. The Balaban J connectivity index is 0.000000146. The van der Waals surface area contributed by atoms with Crippen molar-refractivity contribution in [3.8, 4) is 11.5 Å². The summed E-state index contributed by atoms with van der Waals surface area (Å²) in [7, 11) is 0. The molecule has 0 atom stereocenters. The van der Waals surface area contributed by atoms with E-state index in [-0.39, 0.29) is 5.75 Å². The maximum atomic E-state index is 10.5. The van der Waals surface area contributed by atoms with Gasteiger partial charge in [0, 0.05) is 20.8 Å². The number of phenols is 2. The molecular weight excluding hydrogens is 380 g/mol. The Kier molecular flexibility index (Phi) is 5.00. The summed E-state index contributed by atoms with van der Waals surface area (Å²) in [6.07, 6.45) is 0.795. The number of carbonyl (C=O) groups excluding carboxylic acids is 1. The molecule has 0 saturated carbocycles. The molecule has 3 nitrogen and oxygen atoms in total. The van der Waals surface area contributed by atoms with Gasteiger partial charge in [0.05, 0.1) is 0 Å². The van der Waals surface area contributed by atoms with E-state index >= 15 is 0 Å². The number of benzene rings is 4. The molecule has 0 aliphatic heterocycles. The molecule has 0 heterocycles. The zero-order valence-electron chi connectivity index (χ0n) is 13.2. The predicted octanol–water partition coefficient (Wildman–Crippen LogP) is 5.67. The highest BCUT2D eigenvalue weighted by Gasteiger charge is 1.99. The third-order valence-corrected chi connectivity index (χ3v) is 4.33. The molecule has 0 aliphatic rings. The van der Waals surface area contributed by atoms with Crippen molar-refractivity contribution in [1.29, 1.82) is 0 Å². The quantitative estimate of drug-likeness (QED) is 0.409. The molecule has 0 aliphatic carbocycles. The molecule has 0 unspecified atom stereocenters. The zero-order valence-corrected chi connectivity index (χ0v) is 14.8. The van der Waals surface area contributed by atoms with Crippen LogP contribution in [-0.2, 0) is 0 Å². The van der Waals surface area contributed by atoms with E-state index in [0.29, 0.717) is 11.3 Å². The Bertz CT molecular complexity index is 1060. The summed E-state index contributed by atoms with van der Waals surface area (Å²) in [6.45, 7) is 0. The smallest absolute Gasteiger partial charge is 0.150 e. The molecule has 0 spiro atoms. The van der Waals surface area contributed by atoms with Gasteiger partial charge >= 0.3 is 0 Å². The van der Waals surface area contributed by atoms with Crippen LogP contribution in [0.4, 0.5) is 0 Å². The highest BCUT2D eigenvalue weighted by atomic mass is 79.9. The highest BCUT2D eigenvalue weighted by Crippen LogP contribution is 2.26. The standard InChI is InChI=1S/C11H8O2.C10H7BrO/c12-7-8-4-5-10-9(6-8)2-1-3-11(10)13;11-8-4-5-9-7(6-8)2-1-3-10(9)12/h1-7,13H;1-6,12H. The number of hydrogen-bond acceptors (Lipinski definition) is 3. The number of rotatable bonds is 1. The number of aldehydes is 1. The van der Waals surface area contributed by atoms with Crippen LogP contribution in [0.25, 0.3) is 21.5 Å². The van der Waals surface area contributed by atoms with E-state index in [2.05, 4.69) is 15.9 Å². The summed E-state index contributed by atoms with van der Waals surface area (Å²) in [5.41, 5.74) is 0.623. The largest absolute Gasteiger partial charge is 0.507 e. The number of fused-ring (bicyclic) bond motifs is 2. The maximum absolute atomic E-state index is 10.5. The third-order valence-electron chi connectivity index (χ3n) is 3.84. The predicted molar refractivity (Wildman–Crippen MR) is 104 cm³/mol. The van der Waals surface area contributed by atoms with Gasteiger partial charge in [-0.2, -0.15) is 0 Å². The van der Waals surface area contributed by atoms with Crippen LogP contribution in [0.2, 0.25) is 0 Å². The Morgan fingerprint density at radius 3 is 1.88 bits per heavy atom. The lowest BCUT2D eigenvalue weighted by molar-refractivity contribution is 0.112. The van der Waals surface area contributed by atoms with Crippen molar-refractivity contribution in [1.82, 2.24) is 0 Å². The van der Waals surface area contributed by atoms with Gasteiger partial charge in [-0.05, 0) is 53.2 Å². The fourth-order valence-electron chi connectivity index (χ4n) is 2.60. The van der Waals surface area contributed by atoms with Crippen molar-refractivity contribution in [2.24, 2.45) is 0 Å². The second-order valence-corrected chi connectivity index (χ2v) is 6.43. The first kappa shape index (κ1) is 17.0. The van der Waals surface area contributed by atoms with E-state index in [4.69, 9.17) is 0 Å². The SMILES string of the molecule is O=Cc1ccc2c(O)cccc2c1.Oc1cccc2cc(Br)ccc12. The minimum atomic E-state index is 0.245. The summed E-state index contributed by atoms with van der Waals surface area (Å²) in [6, 6.07) is 21.7. The first-order chi connectivity index (χ1) is 12.1. The lowest BCUT2D eigenvalue weighted by Gasteiger charge is -2.00. The summed E-state index contributed by atoms with van der Waals surface area (Å²) in [5, 5.41) is 22.5. The van der Waals surface area contributed by atoms with Crippen molar-refractivity contribution < 1.29 is 15.0 Å². The average molecular weight is 395 g/mol. The van der Waals surface area contributed by atoms with Crippen molar-refractivity contribution in [3.63, 3.8) is 0 Å². The molecular formula is C21H15BrO3. The molecule has 4 heteroatoms. The molecule has 0 radical (unpaired) electrons. The van der Waals surface area contributed by atoms with Crippen molar-refractivity contribution in [2.45, 2.75) is 0 Å². The van der Waals surface area contributed by atoms with Crippen LogP contribution < -0.4 is 0 Å². The topological polar surface area (TPSA) is 57.5 Å². The molecule has 25 heavy (non-hydrogen) atoms. The van der Waals surface area contributed by atoms with E-state index in [1.54, 1.807) is 36.4 Å². The number of phenolic OH excluding ortho intramolecular Hbond substituents is 2. The third kappa shape index (κ3) is 3.80. The Morgan fingerprint density at radius 1 is 0.720 bits per heavy atom. The highest BCUT2D eigenvalue weighted by molar-refractivity contribution is 9.10. The summed E-state index contributed by atoms with van der Waals surface area (Å²) in [4.78, 5) is 10.5. The number of aromatic hydroxyl groups is 2.